The predicted molar refractivity (Wildman–Crippen MR) is 34.3 cm³/mol. The molecule has 0 atom stereocenters. The van der Waals surface area contributed by atoms with E-state index in [4.69, 9.17) is 0 Å². The molecule has 0 rings (SSSR count). The summed E-state index contributed by atoms with van der Waals surface area (Å²) >= 11 is 3.84. The van der Waals surface area contributed by atoms with Crippen molar-refractivity contribution in [2.75, 3.05) is 5.75 Å². The fourth-order valence-corrected chi connectivity index (χ4v) is 0. The van der Waals surface area contributed by atoms with Crippen molar-refractivity contribution in [2.24, 2.45) is 0 Å². The van der Waals surface area contributed by atoms with Gasteiger partial charge in [0.1, 0.15) is 0 Å². The van der Waals surface area contributed by atoms with Crippen LogP contribution in [0.25, 0.3) is 0 Å². The molecule has 0 unspecified atom stereocenters. The molecule has 0 aromatic heterocycles. The van der Waals surface area contributed by atoms with Gasteiger partial charge in [0.05, 0.1) is 0 Å². The standard InChI is InChI=1S/C2H6S2.Na.H/c1-2-4-3;;/h3H,2H2,1H3;;. The summed E-state index contributed by atoms with van der Waals surface area (Å²) in [6.45, 7) is 2.07. The van der Waals surface area contributed by atoms with E-state index in [0.717, 1.165) is 5.75 Å². The normalized spacial score (nSPS) is 6.00. The van der Waals surface area contributed by atoms with Crippen molar-refractivity contribution in [3.05, 3.63) is 0 Å². The van der Waals surface area contributed by atoms with E-state index in [0.29, 0.717) is 0 Å². The summed E-state index contributed by atoms with van der Waals surface area (Å²) in [6, 6.07) is 0. The molecule has 0 nitrogen and oxygen atoms in total. The Hall–Kier alpha value is 1.70. The molecule has 0 aliphatic rings. The molecule has 0 spiro atoms. The van der Waals surface area contributed by atoms with Crippen LogP contribution < -0.4 is 0 Å². The number of thiol groups is 1. The van der Waals surface area contributed by atoms with E-state index < -0.39 is 0 Å². The molecule has 0 aromatic carbocycles. The van der Waals surface area contributed by atoms with Crippen LogP contribution in [0.2, 0.25) is 0 Å². The van der Waals surface area contributed by atoms with E-state index in [9.17, 15) is 0 Å². The number of hydrogen-bond acceptors (Lipinski definition) is 2. The summed E-state index contributed by atoms with van der Waals surface area (Å²) in [5, 5.41) is 0. The fourth-order valence-electron chi connectivity index (χ4n) is 0. The predicted octanol–water partition coefficient (Wildman–Crippen LogP) is 0.936. The average Bonchev–Trinajstić information content (AvgIpc) is 1.37. The molecule has 0 fully saturated rings. The Kier molecular flexibility index (Phi) is 18.1. The van der Waals surface area contributed by atoms with Gasteiger partial charge in [0.15, 0.2) is 0 Å². The Bertz CT molecular complexity index is 9.61. The zero-order valence-corrected chi connectivity index (χ0v) is 4.27. The van der Waals surface area contributed by atoms with Gasteiger partial charge in [-0.15, -0.1) is 11.7 Å². The third kappa shape index (κ3) is 10.7. The third-order valence-electron chi connectivity index (χ3n) is 0.129. The maximum atomic E-state index is 3.84. The van der Waals surface area contributed by atoms with Crippen molar-refractivity contribution < 1.29 is 0 Å². The second-order valence-corrected chi connectivity index (χ2v) is 2.03. The molecule has 5 heavy (non-hydrogen) atoms. The summed E-state index contributed by atoms with van der Waals surface area (Å²) in [5.41, 5.74) is 0. The van der Waals surface area contributed by atoms with E-state index in [2.05, 4.69) is 18.6 Å². The molecular formula is C2H7NaS2. The molecule has 0 aliphatic carbocycles. The topological polar surface area (TPSA) is 0 Å². The first-order chi connectivity index (χ1) is 1.91. The van der Waals surface area contributed by atoms with Gasteiger partial charge in [-0.05, 0) is 0 Å². The molecule has 0 N–H and O–H groups in total. The van der Waals surface area contributed by atoms with Gasteiger partial charge in [-0.3, -0.25) is 0 Å². The van der Waals surface area contributed by atoms with Crippen molar-refractivity contribution >= 4 is 52.0 Å². The first-order valence-electron chi connectivity index (χ1n) is 1.18. The van der Waals surface area contributed by atoms with Gasteiger partial charge in [-0.2, -0.15) is 0 Å². The van der Waals surface area contributed by atoms with Gasteiger partial charge in [-0.1, -0.05) is 17.7 Å². The van der Waals surface area contributed by atoms with Crippen LogP contribution in [0.3, 0.4) is 0 Å². The van der Waals surface area contributed by atoms with Crippen LogP contribution in [0.4, 0.5) is 0 Å². The summed E-state index contributed by atoms with van der Waals surface area (Å²) in [4.78, 5) is 0. The summed E-state index contributed by atoms with van der Waals surface area (Å²) < 4.78 is 0. The first kappa shape index (κ1) is 9.85. The van der Waals surface area contributed by atoms with Crippen LogP contribution in [0.15, 0.2) is 0 Å². The van der Waals surface area contributed by atoms with Gasteiger partial charge < -0.3 is 0 Å². The van der Waals surface area contributed by atoms with Crippen molar-refractivity contribution in [3.63, 3.8) is 0 Å². The van der Waals surface area contributed by atoms with Crippen LogP contribution in [0.5, 0.6) is 0 Å². The summed E-state index contributed by atoms with van der Waals surface area (Å²) in [7, 11) is 1.55. The molecule has 3 heteroatoms. The Morgan fingerprint density at radius 2 is 2.00 bits per heavy atom. The minimum absolute atomic E-state index is 0. The number of rotatable bonds is 1. The van der Waals surface area contributed by atoms with Crippen LogP contribution >= 0.6 is 22.5 Å². The Morgan fingerprint density at radius 3 is 2.00 bits per heavy atom. The van der Waals surface area contributed by atoms with Crippen LogP contribution in [0.1, 0.15) is 6.92 Å². The molecule has 0 aromatic rings. The van der Waals surface area contributed by atoms with Gasteiger partial charge in [-0.25, -0.2) is 0 Å². The SMILES string of the molecule is CCSS.[NaH]. The molecule has 0 aliphatic heterocycles. The maximum absolute atomic E-state index is 3.84. The Morgan fingerprint density at radius 1 is 1.80 bits per heavy atom. The monoisotopic (exact) mass is 118 g/mol. The summed E-state index contributed by atoms with van der Waals surface area (Å²) in [5.74, 6) is 1.10. The fraction of sp³-hybridized carbons (Fsp3) is 1.00. The van der Waals surface area contributed by atoms with Gasteiger partial charge >= 0.3 is 29.6 Å². The minimum atomic E-state index is 0. The number of hydrogen-bond donors (Lipinski definition) is 1. The quantitative estimate of drug-likeness (QED) is 0.304. The molecule has 0 amide bonds. The van der Waals surface area contributed by atoms with E-state index in [-0.39, 0.29) is 29.6 Å². The van der Waals surface area contributed by atoms with E-state index in [1.807, 2.05) is 0 Å². The molecule has 0 bridgehead atoms. The van der Waals surface area contributed by atoms with Gasteiger partial charge in [0, 0.05) is 5.75 Å². The first-order valence-corrected chi connectivity index (χ1v) is 3.22. The van der Waals surface area contributed by atoms with E-state index in [1.54, 1.807) is 10.8 Å². The third-order valence-corrected chi connectivity index (χ3v) is 1.16. The van der Waals surface area contributed by atoms with Crippen molar-refractivity contribution in [1.82, 2.24) is 0 Å². The second kappa shape index (κ2) is 9.20. The molecule has 0 radical (unpaired) electrons. The molecule has 28 valence electrons. The van der Waals surface area contributed by atoms with E-state index >= 15 is 0 Å². The Labute approximate surface area is 64.2 Å². The zero-order chi connectivity index (χ0) is 3.41. The van der Waals surface area contributed by atoms with Crippen molar-refractivity contribution in [2.45, 2.75) is 6.92 Å². The molecule has 0 heterocycles. The average molecular weight is 118 g/mol. The van der Waals surface area contributed by atoms with E-state index in [1.165, 1.54) is 0 Å². The van der Waals surface area contributed by atoms with Crippen LogP contribution in [0, 0.1) is 0 Å². The Balaban J connectivity index is 0. The molecule has 0 saturated heterocycles. The summed E-state index contributed by atoms with van der Waals surface area (Å²) in [6.07, 6.45) is 0. The second-order valence-electron chi connectivity index (χ2n) is 0.418. The van der Waals surface area contributed by atoms with Crippen LogP contribution in [-0.4, -0.2) is 35.3 Å². The van der Waals surface area contributed by atoms with Gasteiger partial charge in [0.2, 0.25) is 0 Å². The molecule has 0 saturated carbocycles. The zero-order valence-electron chi connectivity index (χ0n) is 2.56. The van der Waals surface area contributed by atoms with Gasteiger partial charge in [0.25, 0.3) is 0 Å². The van der Waals surface area contributed by atoms with Crippen LogP contribution in [-0.2, 0) is 0 Å². The van der Waals surface area contributed by atoms with Crippen molar-refractivity contribution in [1.29, 1.82) is 0 Å². The van der Waals surface area contributed by atoms with Crippen molar-refractivity contribution in [3.8, 4) is 0 Å². The molecular weight excluding hydrogens is 111 g/mol.